The third-order valence-corrected chi connectivity index (χ3v) is 5.55. The molecule has 1 aliphatic heterocycles. The second kappa shape index (κ2) is 6.90. The van der Waals surface area contributed by atoms with Crippen molar-refractivity contribution in [2.45, 2.75) is 29.1 Å². The van der Waals surface area contributed by atoms with Crippen LogP contribution < -0.4 is 10.1 Å². The molecule has 1 heterocycles. The van der Waals surface area contributed by atoms with Gasteiger partial charge in [0.2, 0.25) is 5.91 Å². The molecule has 6 heteroatoms. The molecule has 0 aromatic heterocycles. The van der Waals surface area contributed by atoms with Crippen molar-refractivity contribution in [2.24, 2.45) is 0 Å². The van der Waals surface area contributed by atoms with Gasteiger partial charge in [0.05, 0.1) is 18.0 Å². The van der Waals surface area contributed by atoms with E-state index in [1.54, 1.807) is 31.4 Å². The molecule has 0 aliphatic carbocycles. The second-order valence-corrected chi connectivity index (χ2v) is 7.26. The van der Waals surface area contributed by atoms with Gasteiger partial charge in [-0.15, -0.1) is 11.8 Å². The number of hydrogen-bond acceptors (Lipinski definition) is 5. The van der Waals surface area contributed by atoms with Crippen molar-refractivity contribution in [2.75, 3.05) is 12.4 Å². The Morgan fingerprint density at radius 1 is 1.24 bits per heavy atom. The van der Waals surface area contributed by atoms with Gasteiger partial charge in [-0.3, -0.25) is 9.59 Å². The van der Waals surface area contributed by atoms with Crippen LogP contribution in [-0.4, -0.2) is 29.2 Å². The fourth-order valence-corrected chi connectivity index (χ4v) is 3.78. The summed E-state index contributed by atoms with van der Waals surface area (Å²) >= 11 is 1.35. The molecule has 3 rings (SSSR count). The van der Waals surface area contributed by atoms with Crippen LogP contribution in [0.3, 0.4) is 0 Å². The molecule has 2 aromatic carbocycles. The number of ketones is 1. The lowest BCUT2D eigenvalue weighted by Gasteiger charge is -2.27. The molecule has 25 heavy (non-hydrogen) atoms. The van der Waals surface area contributed by atoms with Crippen LogP contribution in [-0.2, 0) is 15.2 Å². The van der Waals surface area contributed by atoms with Gasteiger partial charge in [-0.25, -0.2) is 0 Å². The number of rotatable bonds is 5. The molecule has 2 aromatic rings. The molecule has 2 atom stereocenters. The first-order valence-electron chi connectivity index (χ1n) is 7.88. The highest BCUT2D eigenvalue weighted by molar-refractivity contribution is 8.01. The van der Waals surface area contributed by atoms with Crippen molar-refractivity contribution in [3.8, 4) is 5.75 Å². The third kappa shape index (κ3) is 3.55. The summed E-state index contributed by atoms with van der Waals surface area (Å²) in [6, 6.07) is 14.1. The smallest absolute Gasteiger partial charge is 0.238 e. The van der Waals surface area contributed by atoms with Crippen LogP contribution >= 0.6 is 11.8 Å². The van der Waals surface area contributed by atoms with E-state index in [1.807, 2.05) is 24.3 Å². The highest BCUT2D eigenvalue weighted by Crippen LogP contribution is 2.38. The van der Waals surface area contributed by atoms with Gasteiger partial charge < -0.3 is 15.2 Å². The van der Waals surface area contributed by atoms with Crippen molar-refractivity contribution in [1.82, 2.24) is 0 Å². The van der Waals surface area contributed by atoms with Crippen molar-refractivity contribution in [3.63, 3.8) is 0 Å². The minimum absolute atomic E-state index is 0.0517. The molecular formula is C19H19NO4S. The van der Waals surface area contributed by atoms with E-state index in [2.05, 4.69) is 5.32 Å². The van der Waals surface area contributed by atoms with E-state index in [-0.39, 0.29) is 12.3 Å². The standard InChI is InChI=1S/C19H19NO4S/c1-19(23,12-7-9-13(24-2)10-8-12)17(21)11-16-18(22)20-14-5-3-4-6-15(14)25-16/h3-10,16,23H,11H2,1-2H3,(H,20,22). The van der Waals surface area contributed by atoms with Gasteiger partial charge in [0.1, 0.15) is 11.4 Å². The molecule has 130 valence electrons. The van der Waals surface area contributed by atoms with Gasteiger partial charge in [-0.2, -0.15) is 0 Å². The van der Waals surface area contributed by atoms with Gasteiger partial charge in [0.15, 0.2) is 5.78 Å². The molecule has 1 aliphatic rings. The minimum atomic E-state index is -1.66. The van der Waals surface area contributed by atoms with Crippen LogP contribution in [0.2, 0.25) is 0 Å². The molecule has 0 bridgehead atoms. The largest absolute Gasteiger partial charge is 0.497 e. The summed E-state index contributed by atoms with van der Waals surface area (Å²) in [5.41, 5.74) is -0.438. The maximum absolute atomic E-state index is 12.7. The number of amides is 1. The Balaban J connectivity index is 1.75. The molecule has 0 radical (unpaired) electrons. The van der Waals surface area contributed by atoms with E-state index >= 15 is 0 Å². The molecule has 2 N–H and O–H groups in total. The SMILES string of the molecule is COc1ccc(C(C)(O)C(=O)CC2Sc3ccccc3NC2=O)cc1. The van der Waals surface area contributed by atoms with Crippen LogP contribution in [0.4, 0.5) is 5.69 Å². The van der Waals surface area contributed by atoms with E-state index in [0.717, 1.165) is 10.6 Å². The first-order chi connectivity index (χ1) is 11.9. The molecule has 2 unspecified atom stereocenters. The van der Waals surface area contributed by atoms with Crippen LogP contribution in [0, 0.1) is 0 Å². The third-order valence-electron chi connectivity index (χ3n) is 4.27. The number of carbonyl (C=O) groups is 2. The van der Waals surface area contributed by atoms with E-state index < -0.39 is 16.6 Å². The zero-order valence-electron chi connectivity index (χ0n) is 14.0. The van der Waals surface area contributed by atoms with E-state index in [1.165, 1.54) is 18.7 Å². The predicted molar refractivity (Wildman–Crippen MR) is 96.9 cm³/mol. The number of thioether (sulfide) groups is 1. The van der Waals surface area contributed by atoms with Gasteiger partial charge in [-0.05, 0) is 36.8 Å². The van der Waals surface area contributed by atoms with Crippen LogP contribution in [0.25, 0.3) is 0 Å². The van der Waals surface area contributed by atoms with Gasteiger partial charge in [0.25, 0.3) is 0 Å². The number of Topliss-reactive ketones (excluding diaryl/α,β-unsaturated/α-hetero) is 1. The molecule has 0 fully saturated rings. The number of methoxy groups -OCH3 is 1. The lowest BCUT2D eigenvalue weighted by molar-refractivity contribution is -0.137. The minimum Gasteiger partial charge on any atom is -0.497 e. The molecule has 0 spiro atoms. The average molecular weight is 357 g/mol. The van der Waals surface area contributed by atoms with Gasteiger partial charge in [0, 0.05) is 11.3 Å². The van der Waals surface area contributed by atoms with E-state index in [4.69, 9.17) is 4.74 Å². The number of fused-ring (bicyclic) bond motifs is 1. The van der Waals surface area contributed by atoms with Crippen molar-refractivity contribution < 1.29 is 19.4 Å². The number of benzene rings is 2. The maximum Gasteiger partial charge on any atom is 0.238 e. The van der Waals surface area contributed by atoms with E-state index in [9.17, 15) is 14.7 Å². The Bertz CT molecular complexity index is 801. The number of para-hydroxylation sites is 1. The summed E-state index contributed by atoms with van der Waals surface area (Å²) in [6.07, 6.45) is -0.0517. The Kier molecular flexibility index (Phi) is 4.83. The lowest BCUT2D eigenvalue weighted by Crippen LogP contribution is -2.38. The summed E-state index contributed by atoms with van der Waals surface area (Å²) in [4.78, 5) is 25.8. The number of hydrogen-bond donors (Lipinski definition) is 2. The number of ether oxygens (including phenoxy) is 1. The fraction of sp³-hybridized carbons (Fsp3) is 0.263. The first kappa shape index (κ1) is 17.5. The number of carbonyl (C=O) groups excluding carboxylic acids is 2. The van der Waals surface area contributed by atoms with Crippen LogP contribution in [0.5, 0.6) is 5.75 Å². The number of aliphatic hydroxyl groups is 1. The molecule has 0 saturated carbocycles. The second-order valence-electron chi connectivity index (χ2n) is 6.02. The van der Waals surface area contributed by atoms with Crippen LogP contribution in [0.1, 0.15) is 18.9 Å². The van der Waals surface area contributed by atoms with Crippen molar-refractivity contribution in [1.29, 1.82) is 0 Å². The predicted octanol–water partition coefficient (Wildman–Crippen LogP) is 2.97. The summed E-state index contributed by atoms with van der Waals surface area (Å²) in [7, 11) is 1.55. The Morgan fingerprint density at radius 3 is 2.60 bits per heavy atom. The number of anilines is 1. The zero-order chi connectivity index (χ0) is 18.0. The summed E-state index contributed by atoms with van der Waals surface area (Å²) in [6.45, 7) is 1.45. The fourth-order valence-electron chi connectivity index (χ4n) is 2.67. The Labute approximate surface area is 150 Å². The van der Waals surface area contributed by atoms with Crippen molar-refractivity contribution >= 4 is 29.1 Å². The topological polar surface area (TPSA) is 75.6 Å². The summed E-state index contributed by atoms with van der Waals surface area (Å²) < 4.78 is 5.09. The van der Waals surface area contributed by atoms with Gasteiger partial charge >= 0.3 is 0 Å². The maximum atomic E-state index is 12.7. The zero-order valence-corrected chi connectivity index (χ0v) is 14.8. The normalized spacial score (nSPS) is 18.7. The molecule has 5 nitrogen and oxygen atoms in total. The summed E-state index contributed by atoms with van der Waals surface area (Å²) in [5, 5.41) is 12.9. The lowest BCUT2D eigenvalue weighted by atomic mass is 9.89. The van der Waals surface area contributed by atoms with Gasteiger partial charge in [-0.1, -0.05) is 24.3 Å². The highest BCUT2D eigenvalue weighted by Gasteiger charge is 2.37. The Hall–Kier alpha value is -2.31. The quantitative estimate of drug-likeness (QED) is 0.860. The molecule has 0 saturated heterocycles. The summed E-state index contributed by atoms with van der Waals surface area (Å²) in [5.74, 6) is 0.0260. The van der Waals surface area contributed by atoms with Crippen molar-refractivity contribution in [3.05, 3.63) is 54.1 Å². The Morgan fingerprint density at radius 2 is 1.92 bits per heavy atom. The monoisotopic (exact) mass is 357 g/mol. The van der Waals surface area contributed by atoms with E-state index in [0.29, 0.717) is 11.3 Å². The first-order valence-corrected chi connectivity index (χ1v) is 8.76. The van der Waals surface area contributed by atoms with Crippen LogP contribution in [0.15, 0.2) is 53.4 Å². The highest BCUT2D eigenvalue weighted by atomic mass is 32.2. The molecule has 1 amide bonds. The number of nitrogens with one attached hydrogen (secondary N) is 1. The average Bonchev–Trinajstić information content (AvgIpc) is 2.62. The molecular weight excluding hydrogens is 338 g/mol.